The summed E-state index contributed by atoms with van der Waals surface area (Å²) in [5.41, 5.74) is 3.06. The maximum atomic E-state index is 13.3. The van der Waals surface area contributed by atoms with Crippen LogP contribution in [-0.4, -0.2) is 10.9 Å². The van der Waals surface area contributed by atoms with Crippen molar-refractivity contribution in [3.8, 4) is 11.6 Å². The Morgan fingerprint density at radius 2 is 1.93 bits per heavy atom. The van der Waals surface area contributed by atoms with Crippen molar-refractivity contribution in [3.63, 3.8) is 0 Å². The number of aromatic nitrogens is 1. The van der Waals surface area contributed by atoms with Crippen molar-refractivity contribution in [1.29, 1.82) is 0 Å². The molecule has 5 heteroatoms. The second-order valence-electron chi connectivity index (χ2n) is 6.29. The second kappa shape index (κ2) is 8.94. The fourth-order valence-corrected chi connectivity index (χ4v) is 2.59. The lowest BCUT2D eigenvalue weighted by atomic mass is 10.1. The summed E-state index contributed by atoms with van der Waals surface area (Å²) in [6.07, 6.45) is 2.69. The molecule has 0 aliphatic rings. The molecule has 1 N–H and O–H groups in total. The molecule has 0 aliphatic carbocycles. The first-order valence-corrected chi connectivity index (χ1v) is 8.80. The van der Waals surface area contributed by atoms with E-state index in [2.05, 4.69) is 10.3 Å². The summed E-state index contributed by atoms with van der Waals surface area (Å²) in [4.78, 5) is 16.3. The summed E-state index contributed by atoms with van der Waals surface area (Å²) in [7, 11) is 0. The fourth-order valence-electron chi connectivity index (χ4n) is 2.59. The Hall–Kier alpha value is -3.21. The van der Waals surface area contributed by atoms with E-state index in [1.807, 2.05) is 37.3 Å². The quantitative estimate of drug-likeness (QED) is 0.668. The number of aryl methyl sites for hydroxylation is 2. The summed E-state index contributed by atoms with van der Waals surface area (Å²) in [6.45, 7) is 2.33. The number of ether oxygens (including phenoxy) is 1. The molecule has 1 heterocycles. The van der Waals surface area contributed by atoms with Crippen LogP contribution in [0.5, 0.6) is 11.6 Å². The van der Waals surface area contributed by atoms with Crippen LogP contribution in [0.3, 0.4) is 0 Å². The van der Waals surface area contributed by atoms with E-state index >= 15 is 0 Å². The third kappa shape index (κ3) is 5.64. The summed E-state index contributed by atoms with van der Waals surface area (Å²) in [5.74, 6) is 0.285. The Balaban J connectivity index is 1.56. The van der Waals surface area contributed by atoms with E-state index in [4.69, 9.17) is 4.74 Å². The maximum Gasteiger partial charge on any atom is 0.224 e. The molecule has 2 aromatic carbocycles. The minimum atomic E-state index is -0.380. The van der Waals surface area contributed by atoms with Gasteiger partial charge in [-0.1, -0.05) is 42.0 Å². The van der Waals surface area contributed by atoms with Gasteiger partial charge in [-0.05, 0) is 37.1 Å². The van der Waals surface area contributed by atoms with E-state index < -0.39 is 0 Å². The topological polar surface area (TPSA) is 51.2 Å². The third-order valence-electron chi connectivity index (χ3n) is 4.10. The Bertz CT molecular complexity index is 910. The highest BCUT2D eigenvalue weighted by molar-refractivity contribution is 5.76. The fraction of sp³-hybridized carbons (Fsp3) is 0.182. The number of carbonyl (C=O) groups excluding carboxylic acids is 1. The van der Waals surface area contributed by atoms with Crippen molar-refractivity contribution in [3.05, 3.63) is 89.4 Å². The monoisotopic (exact) mass is 364 g/mol. The third-order valence-corrected chi connectivity index (χ3v) is 4.10. The number of rotatable bonds is 7. The molecular weight excluding hydrogens is 343 g/mol. The van der Waals surface area contributed by atoms with E-state index in [-0.39, 0.29) is 11.7 Å². The average molecular weight is 364 g/mol. The molecule has 4 nitrogen and oxygen atoms in total. The van der Waals surface area contributed by atoms with Crippen LogP contribution in [0.15, 0.2) is 66.9 Å². The first kappa shape index (κ1) is 18.6. The Morgan fingerprint density at radius 3 is 2.70 bits per heavy atom. The van der Waals surface area contributed by atoms with Crippen LogP contribution >= 0.6 is 0 Å². The van der Waals surface area contributed by atoms with Crippen molar-refractivity contribution in [1.82, 2.24) is 10.3 Å². The highest BCUT2D eigenvalue weighted by Gasteiger charge is 2.09. The van der Waals surface area contributed by atoms with Gasteiger partial charge in [-0.15, -0.1) is 0 Å². The molecule has 0 unspecified atom stereocenters. The molecule has 0 atom stereocenters. The Morgan fingerprint density at radius 1 is 1.11 bits per heavy atom. The van der Waals surface area contributed by atoms with Crippen LogP contribution in [-0.2, 0) is 17.8 Å². The van der Waals surface area contributed by atoms with Gasteiger partial charge < -0.3 is 10.1 Å². The van der Waals surface area contributed by atoms with Crippen LogP contribution < -0.4 is 10.1 Å². The molecule has 0 fully saturated rings. The minimum Gasteiger partial charge on any atom is -0.439 e. The van der Waals surface area contributed by atoms with Gasteiger partial charge >= 0.3 is 0 Å². The molecule has 1 aromatic heterocycles. The van der Waals surface area contributed by atoms with E-state index in [9.17, 15) is 9.18 Å². The van der Waals surface area contributed by atoms with Gasteiger partial charge in [-0.2, -0.15) is 0 Å². The first-order valence-electron chi connectivity index (χ1n) is 8.80. The number of nitrogens with zero attached hydrogens (tertiary/aromatic N) is 1. The summed E-state index contributed by atoms with van der Waals surface area (Å²) < 4.78 is 19.0. The maximum absolute atomic E-state index is 13.3. The molecular formula is C22H21FN2O2. The zero-order chi connectivity index (χ0) is 19.1. The Kier molecular flexibility index (Phi) is 6.15. The smallest absolute Gasteiger partial charge is 0.224 e. The van der Waals surface area contributed by atoms with Crippen molar-refractivity contribution in [2.24, 2.45) is 0 Å². The van der Waals surface area contributed by atoms with Crippen LogP contribution in [0.4, 0.5) is 4.39 Å². The normalized spacial score (nSPS) is 10.4. The number of hydrogen-bond donors (Lipinski definition) is 1. The van der Waals surface area contributed by atoms with Gasteiger partial charge in [0.15, 0.2) is 0 Å². The predicted octanol–water partition coefficient (Wildman–Crippen LogP) is 4.57. The minimum absolute atomic E-state index is 0.0452. The molecule has 138 valence electrons. The number of halogens is 1. The van der Waals surface area contributed by atoms with Gasteiger partial charge in [0, 0.05) is 30.8 Å². The number of hydrogen-bond acceptors (Lipinski definition) is 3. The van der Waals surface area contributed by atoms with Gasteiger partial charge in [0.1, 0.15) is 11.6 Å². The summed E-state index contributed by atoms with van der Waals surface area (Å²) >= 11 is 0. The number of amides is 1. The van der Waals surface area contributed by atoms with E-state index in [1.165, 1.54) is 17.7 Å². The van der Waals surface area contributed by atoms with Gasteiger partial charge in [-0.3, -0.25) is 4.79 Å². The number of carbonyl (C=O) groups is 1. The van der Waals surface area contributed by atoms with Gasteiger partial charge in [0.2, 0.25) is 11.8 Å². The highest BCUT2D eigenvalue weighted by Crippen LogP contribution is 2.23. The number of pyridine rings is 1. The van der Waals surface area contributed by atoms with E-state index in [1.54, 1.807) is 24.4 Å². The van der Waals surface area contributed by atoms with Crippen molar-refractivity contribution in [2.75, 3.05) is 0 Å². The zero-order valence-electron chi connectivity index (χ0n) is 15.1. The molecule has 3 rings (SSSR count). The van der Waals surface area contributed by atoms with E-state index in [0.29, 0.717) is 31.0 Å². The molecule has 27 heavy (non-hydrogen) atoms. The predicted molar refractivity (Wildman–Crippen MR) is 102 cm³/mol. The zero-order valence-corrected chi connectivity index (χ0v) is 15.1. The lowest BCUT2D eigenvalue weighted by molar-refractivity contribution is -0.121. The van der Waals surface area contributed by atoms with Crippen molar-refractivity contribution in [2.45, 2.75) is 26.3 Å². The van der Waals surface area contributed by atoms with Crippen LogP contribution in [0.25, 0.3) is 0 Å². The van der Waals surface area contributed by atoms with Crippen LogP contribution in [0, 0.1) is 12.7 Å². The highest BCUT2D eigenvalue weighted by atomic mass is 19.1. The number of benzene rings is 2. The molecule has 0 spiro atoms. The molecule has 0 radical (unpaired) electrons. The average Bonchev–Trinajstić information content (AvgIpc) is 2.67. The van der Waals surface area contributed by atoms with Crippen LogP contribution in [0.2, 0.25) is 0 Å². The van der Waals surface area contributed by atoms with Gasteiger partial charge in [0.25, 0.3) is 0 Å². The second-order valence-corrected chi connectivity index (χ2v) is 6.29. The summed E-state index contributed by atoms with van der Waals surface area (Å²) in [5, 5.41) is 2.89. The molecule has 1 amide bonds. The lowest BCUT2D eigenvalue weighted by Crippen LogP contribution is -2.23. The van der Waals surface area contributed by atoms with Gasteiger partial charge in [-0.25, -0.2) is 9.37 Å². The van der Waals surface area contributed by atoms with Crippen LogP contribution in [0.1, 0.15) is 23.1 Å². The Labute approximate surface area is 158 Å². The van der Waals surface area contributed by atoms with Crippen molar-refractivity contribution >= 4 is 5.91 Å². The standard InChI is InChI=1S/C22H21FN2O2/c1-16-7-9-17(10-8-16)11-12-21(26)25-15-18-4-3-13-24-22(18)27-20-6-2-5-19(23)14-20/h2-10,13-14H,11-12,15H2,1H3,(H,25,26). The SMILES string of the molecule is Cc1ccc(CCC(=O)NCc2cccnc2Oc2cccc(F)c2)cc1. The molecule has 0 saturated heterocycles. The summed E-state index contributed by atoms with van der Waals surface area (Å²) in [6, 6.07) is 17.6. The van der Waals surface area contributed by atoms with E-state index in [0.717, 1.165) is 11.1 Å². The molecule has 0 aliphatic heterocycles. The van der Waals surface area contributed by atoms with Crippen molar-refractivity contribution < 1.29 is 13.9 Å². The first-order chi connectivity index (χ1) is 13.1. The van der Waals surface area contributed by atoms with Gasteiger partial charge in [0.05, 0.1) is 0 Å². The largest absolute Gasteiger partial charge is 0.439 e. The molecule has 0 bridgehead atoms. The lowest BCUT2D eigenvalue weighted by Gasteiger charge is -2.11. The molecule has 0 saturated carbocycles. The molecule has 3 aromatic rings. The number of nitrogens with one attached hydrogen (secondary N) is 1.